The van der Waals surface area contributed by atoms with Gasteiger partial charge in [0.05, 0.1) is 29.8 Å². The van der Waals surface area contributed by atoms with E-state index in [1.165, 1.54) is 0 Å². The Morgan fingerprint density at radius 3 is 2.87 bits per heavy atom. The maximum Gasteiger partial charge on any atom is 0.325 e. The Kier molecular flexibility index (Phi) is 6.50. The van der Waals surface area contributed by atoms with Crippen molar-refractivity contribution >= 4 is 35.2 Å². The molecular weight excluding hydrogens is 343 g/mol. The van der Waals surface area contributed by atoms with E-state index in [9.17, 15) is 9.59 Å². The second kappa shape index (κ2) is 8.38. The van der Waals surface area contributed by atoms with Gasteiger partial charge in [-0.15, -0.1) is 0 Å². The van der Waals surface area contributed by atoms with Gasteiger partial charge in [-0.3, -0.25) is 4.79 Å². The molecule has 0 saturated carbocycles. The molecular formula is C15H18Cl2N2O4. The lowest BCUT2D eigenvalue weighted by atomic mass is 10.1. The number of hydrogen-bond acceptors (Lipinski definition) is 4. The molecule has 0 aromatic heterocycles. The van der Waals surface area contributed by atoms with Gasteiger partial charge in [0, 0.05) is 6.54 Å². The van der Waals surface area contributed by atoms with Gasteiger partial charge in [0.25, 0.3) is 0 Å². The van der Waals surface area contributed by atoms with Crippen molar-refractivity contribution in [1.82, 2.24) is 10.2 Å². The molecule has 0 aliphatic carbocycles. The third kappa shape index (κ3) is 4.99. The van der Waals surface area contributed by atoms with Crippen molar-refractivity contribution in [1.29, 1.82) is 0 Å². The Bertz CT molecular complexity index is 583. The van der Waals surface area contributed by atoms with Gasteiger partial charge < -0.3 is 19.7 Å². The summed E-state index contributed by atoms with van der Waals surface area (Å²) in [5, 5.41) is 3.45. The highest BCUT2D eigenvalue weighted by atomic mass is 35.5. The Morgan fingerprint density at radius 2 is 2.17 bits per heavy atom. The first-order valence-electron chi connectivity index (χ1n) is 7.26. The number of amides is 2. The summed E-state index contributed by atoms with van der Waals surface area (Å²) in [4.78, 5) is 25.0. The minimum Gasteiger partial charge on any atom is -0.465 e. The van der Waals surface area contributed by atoms with Crippen LogP contribution in [0.25, 0.3) is 0 Å². The fourth-order valence-corrected chi connectivity index (χ4v) is 2.53. The molecule has 0 bridgehead atoms. The molecule has 1 aliphatic rings. The Hall–Kier alpha value is -1.50. The lowest BCUT2D eigenvalue weighted by Crippen LogP contribution is -2.48. The van der Waals surface area contributed by atoms with Crippen LogP contribution in [0.2, 0.25) is 10.0 Å². The average molecular weight is 361 g/mol. The minimum atomic E-state index is -0.463. The number of carbonyl (C=O) groups is 2. The molecule has 1 atom stereocenters. The molecule has 2 rings (SSSR count). The number of benzene rings is 1. The molecule has 0 radical (unpaired) electrons. The van der Waals surface area contributed by atoms with E-state index in [0.29, 0.717) is 29.7 Å². The van der Waals surface area contributed by atoms with Crippen LogP contribution >= 0.6 is 23.2 Å². The van der Waals surface area contributed by atoms with Crippen LogP contribution < -0.4 is 5.32 Å². The van der Waals surface area contributed by atoms with Gasteiger partial charge in [-0.2, -0.15) is 0 Å². The van der Waals surface area contributed by atoms with Gasteiger partial charge in [-0.1, -0.05) is 29.3 Å². The molecule has 1 N–H and O–H groups in total. The lowest BCUT2D eigenvalue weighted by molar-refractivity contribution is -0.141. The molecule has 2 amide bonds. The monoisotopic (exact) mass is 360 g/mol. The third-order valence-corrected chi connectivity index (χ3v) is 4.10. The molecule has 0 spiro atoms. The van der Waals surface area contributed by atoms with Crippen LogP contribution in [-0.4, -0.2) is 49.7 Å². The number of halogens is 2. The Labute approximate surface area is 144 Å². The number of esters is 1. The van der Waals surface area contributed by atoms with Crippen LogP contribution in [0.15, 0.2) is 18.2 Å². The van der Waals surface area contributed by atoms with Crippen LogP contribution in [0.4, 0.5) is 4.79 Å². The number of nitrogens with one attached hydrogen (secondary N) is 1. The highest BCUT2D eigenvalue weighted by molar-refractivity contribution is 6.42. The molecule has 126 valence electrons. The number of urea groups is 1. The van der Waals surface area contributed by atoms with E-state index in [1.807, 2.05) is 6.07 Å². The zero-order chi connectivity index (χ0) is 16.8. The van der Waals surface area contributed by atoms with Gasteiger partial charge in [-0.05, 0) is 24.6 Å². The molecule has 1 saturated heterocycles. The van der Waals surface area contributed by atoms with Crippen LogP contribution in [0.1, 0.15) is 18.6 Å². The SMILES string of the molecule is CCOC(=O)CNC(=O)N1CCO[C@@H](c2ccc(Cl)c(Cl)c2)C1. The number of morpholine rings is 1. The largest absolute Gasteiger partial charge is 0.465 e. The molecule has 23 heavy (non-hydrogen) atoms. The summed E-state index contributed by atoms with van der Waals surface area (Å²) in [6.45, 7) is 3.06. The Morgan fingerprint density at radius 1 is 1.39 bits per heavy atom. The summed E-state index contributed by atoms with van der Waals surface area (Å²) in [6.07, 6.45) is -0.285. The van der Waals surface area contributed by atoms with E-state index in [0.717, 1.165) is 5.56 Å². The van der Waals surface area contributed by atoms with Crippen molar-refractivity contribution in [3.05, 3.63) is 33.8 Å². The predicted molar refractivity (Wildman–Crippen MR) is 86.8 cm³/mol. The standard InChI is InChI=1S/C15H18Cl2N2O4/c1-2-22-14(20)8-18-15(21)19-5-6-23-13(9-19)10-3-4-11(16)12(17)7-10/h3-4,7,13H,2,5-6,8-9H2,1H3,(H,18,21)/t13-/m1/s1. The average Bonchev–Trinajstić information content (AvgIpc) is 2.55. The summed E-state index contributed by atoms with van der Waals surface area (Å²) in [5.74, 6) is -0.463. The van der Waals surface area contributed by atoms with Gasteiger partial charge in [0.2, 0.25) is 0 Å². The molecule has 1 aromatic rings. The van der Waals surface area contributed by atoms with E-state index < -0.39 is 5.97 Å². The molecule has 0 unspecified atom stereocenters. The zero-order valence-electron chi connectivity index (χ0n) is 12.7. The first-order chi connectivity index (χ1) is 11.0. The second-order valence-corrected chi connectivity index (χ2v) is 5.76. The van der Waals surface area contributed by atoms with Crippen LogP contribution in [0, 0.1) is 0 Å². The summed E-state index contributed by atoms with van der Waals surface area (Å²) < 4.78 is 10.5. The lowest BCUT2D eigenvalue weighted by Gasteiger charge is -2.33. The van der Waals surface area contributed by atoms with E-state index in [-0.39, 0.29) is 25.3 Å². The van der Waals surface area contributed by atoms with Crippen LogP contribution in [-0.2, 0) is 14.3 Å². The second-order valence-electron chi connectivity index (χ2n) is 4.94. The molecule has 6 nitrogen and oxygen atoms in total. The van der Waals surface area contributed by atoms with E-state index in [4.69, 9.17) is 32.7 Å². The quantitative estimate of drug-likeness (QED) is 0.838. The van der Waals surface area contributed by atoms with E-state index in [2.05, 4.69) is 5.32 Å². The highest BCUT2D eigenvalue weighted by Gasteiger charge is 2.26. The number of rotatable bonds is 4. The Balaban J connectivity index is 1.93. The molecule has 1 aromatic carbocycles. The normalized spacial score (nSPS) is 17.7. The highest BCUT2D eigenvalue weighted by Crippen LogP contribution is 2.29. The van der Waals surface area contributed by atoms with Crippen LogP contribution in [0.5, 0.6) is 0 Å². The van der Waals surface area contributed by atoms with Gasteiger partial charge in [-0.25, -0.2) is 4.79 Å². The zero-order valence-corrected chi connectivity index (χ0v) is 14.2. The van der Waals surface area contributed by atoms with Crippen molar-refractivity contribution in [2.75, 3.05) is 32.8 Å². The number of ether oxygens (including phenoxy) is 2. The summed E-state index contributed by atoms with van der Waals surface area (Å²) in [7, 11) is 0. The first kappa shape index (κ1) is 17.8. The maximum absolute atomic E-state index is 12.1. The molecule has 1 aliphatic heterocycles. The summed E-state index contributed by atoms with van der Waals surface area (Å²) >= 11 is 11.9. The fraction of sp³-hybridized carbons (Fsp3) is 0.467. The van der Waals surface area contributed by atoms with Crippen molar-refractivity contribution < 1.29 is 19.1 Å². The van der Waals surface area contributed by atoms with Gasteiger partial charge in [0.15, 0.2) is 0 Å². The minimum absolute atomic E-state index is 0.151. The number of nitrogens with zero attached hydrogens (tertiary/aromatic N) is 1. The summed E-state index contributed by atoms with van der Waals surface area (Å²) in [5.41, 5.74) is 0.849. The van der Waals surface area contributed by atoms with Crippen molar-refractivity contribution in [2.24, 2.45) is 0 Å². The smallest absolute Gasteiger partial charge is 0.325 e. The van der Waals surface area contributed by atoms with Crippen molar-refractivity contribution in [3.8, 4) is 0 Å². The number of hydrogen-bond donors (Lipinski definition) is 1. The fourth-order valence-electron chi connectivity index (χ4n) is 2.22. The predicted octanol–water partition coefficient (Wildman–Crippen LogP) is 2.64. The molecule has 8 heteroatoms. The van der Waals surface area contributed by atoms with E-state index >= 15 is 0 Å². The number of carbonyl (C=O) groups excluding carboxylic acids is 2. The van der Waals surface area contributed by atoms with E-state index in [1.54, 1.807) is 24.0 Å². The van der Waals surface area contributed by atoms with Crippen LogP contribution in [0.3, 0.4) is 0 Å². The maximum atomic E-state index is 12.1. The van der Waals surface area contributed by atoms with Crippen molar-refractivity contribution in [3.63, 3.8) is 0 Å². The van der Waals surface area contributed by atoms with Gasteiger partial charge in [0.1, 0.15) is 12.6 Å². The summed E-state index contributed by atoms with van der Waals surface area (Å²) in [6, 6.07) is 4.92. The van der Waals surface area contributed by atoms with Crippen molar-refractivity contribution in [2.45, 2.75) is 13.0 Å². The topological polar surface area (TPSA) is 67.9 Å². The third-order valence-electron chi connectivity index (χ3n) is 3.36. The first-order valence-corrected chi connectivity index (χ1v) is 8.01. The molecule has 1 fully saturated rings. The molecule has 1 heterocycles. The van der Waals surface area contributed by atoms with Gasteiger partial charge >= 0.3 is 12.0 Å².